The zero-order chi connectivity index (χ0) is 16.5. The van der Waals surface area contributed by atoms with Gasteiger partial charge in [0.2, 0.25) is 0 Å². The molecule has 1 atom stereocenters. The Kier molecular flexibility index (Phi) is 3.82. The van der Waals surface area contributed by atoms with Crippen LogP contribution in [0.3, 0.4) is 0 Å². The summed E-state index contributed by atoms with van der Waals surface area (Å²) in [7, 11) is 0. The van der Waals surface area contributed by atoms with Crippen molar-refractivity contribution in [1.82, 2.24) is 15.1 Å². The molecular formula is C18H18N4OS. The van der Waals surface area contributed by atoms with Gasteiger partial charge in [0.05, 0.1) is 22.3 Å². The molecular weight excluding hydrogens is 320 g/mol. The van der Waals surface area contributed by atoms with Crippen molar-refractivity contribution in [3.8, 4) is 10.6 Å². The quantitative estimate of drug-likeness (QED) is 0.752. The lowest BCUT2D eigenvalue weighted by Gasteiger charge is -2.37. The van der Waals surface area contributed by atoms with Gasteiger partial charge in [0, 0.05) is 17.8 Å². The molecule has 0 aliphatic carbocycles. The number of hydrogen-bond acceptors (Lipinski definition) is 4. The summed E-state index contributed by atoms with van der Waals surface area (Å²) in [5, 5.41) is 12.9. The van der Waals surface area contributed by atoms with Crippen molar-refractivity contribution in [2.24, 2.45) is 0 Å². The van der Waals surface area contributed by atoms with E-state index in [2.05, 4.69) is 28.5 Å². The van der Waals surface area contributed by atoms with Crippen LogP contribution in [0.2, 0.25) is 0 Å². The molecule has 0 radical (unpaired) electrons. The lowest BCUT2D eigenvalue weighted by atomic mass is 10.0. The molecule has 3 aromatic rings. The first-order valence-corrected chi connectivity index (χ1v) is 8.91. The van der Waals surface area contributed by atoms with Gasteiger partial charge in [0.15, 0.2) is 0 Å². The fraction of sp³-hybridized carbons (Fsp3) is 0.222. The van der Waals surface area contributed by atoms with Gasteiger partial charge in [-0.3, -0.25) is 9.89 Å². The van der Waals surface area contributed by atoms with E-state index in [-0.39, 0.29) is 12.1 Å². The van der Waals surface area contributed by atoms with E-state index in [0.29, 0.717) is 6.54 Å². The molecule has 1 aliphatic rings. The van der Waals surface area contributed by atoms with Gasteiger partial charge in [-0.1, -0.05) is 25.1 Å². The van der Waals surface area contributed by atoms with Crippen LogP contribution >= 0.6 is 11.3 Å². The number of carbonyl (C=O) groups is 1. The number of H-pyrrole nitrogens is 1. The Balaban J connectivity index is 1.80. The molecule has 0 bridgehead atoms. The average Bonchev–Trinajstić information content (AvgIpc) is 3.28. The molecule has 6 heteroatoms. The number of thiophene rings is 1. The first-order valence-electron chi connectivity index (χ1n) is 8.03. The van der Waals surface area contributed by atoms with Crippen molar-refractivity contribution in [2.45, 2.75) is 19.5 Å². The molecule has 0 saturated carbocycles. The molecule has 0 spiro atoms. The molecule has 4 rings (SSSR count). The molecule has 1 aromatic carbocycles. The maximum atomic E-state index is 13.0. The maximum Gasteiger partial charge on any atom is 0.257 e. The second-order valence-corrected chi connectivity index (χ2v) is 6.72. The van der Waals surface area contributed by atoms with Gasteiger partial charge in [-0.05, 0) is 30.0 Å². The number of para-hydroxylation sites is 1. The molecule has 1 amide bonds. The fourth-order valence-corrected chi connectivity index (χ4v) is 3.87. The van der Waals surface area contributed by atoms with E-state index < -0.39 is 0 Å². The normalized spacial score (nSPS) is 16.8. The number of aromatic nitrogens is 2. The topological polar surface area (TPSA) is 61.0 Å². The van der Waals surface area contributed by atoms with Gasteiger partial charge in [0.1, 0.15) is 6.17 Å². The second kappa shape index (κ2) is 6.13. The highest BCUT2D eigenvalue weighted by atomic mass is 32.1. The Bertz CT molecular complexity index is 856. The van der Waals surface area contributed by atoms with Crippen LogP contribution < -0.4 is 5.32 Å². The van der Waals surface area contributed by atoms with Crippen LogP contribution in [-0.2, 0) is 0 Å². The number of amides is 1. The Morgan fingerprint density at radius 1 is 1.25 bits per heavy atom. The standard InChI is InChI=1S/C18H18N4OS/c1-2-9-22-17(20-14-7-4-3-6-12(14)18(22)23)13-11-19-21-16(13)15-8-5-10-24-15/h3-8,10-11,17,20H,2,9H2,1H3,(H,19,21)/t17-/m0/s1. The summed E-state index contributed by atoms with van der Waals surface area (Å²) in [4.78, 5) is 16.0. The highest BCUT2D eigenvalue weighted by Gasteiger charge is 2.34. The third-order valence-electron chi connectivity index (χ3n) is 4.22. The highest BCUT2D eigenvalue weighted by Crippen LogP contribution is 2.37. The van der Waals surface area contributed by atoms with Crippen molar-refractivity contribution >= 4 is 22.9 Å². The van der Waals surface area contributed by atoms with E-state index >= 15 is 0 Å². The van der Waals surface area contributed by atoms with Crippen LogP contribution in [-0.4, -0.2) is 27.5 Å². The molecule has 3 heterocycles. The van der Waals surface area contributed by atoms with Crippen molar-refractivity contribution < 1.29 is 4.79 Å². The van der Waals surface area contributed by atoms with E-state index in [1.54, 1.807) is 11.3 Å². The summed E-state index contributed by atoms with van der Waals surface area (Å²) in [6.07, 6.45) is 2.50. The zero-order valence-electron chi connectivity index (χ0n) is 13.3. The van der Waals surface area contributed by atoms with Crippen LogP contribution in [0.15, 0.2) is 48.0 Å². The zero-order valence-corrected chi connectivity index (χ0v) is 14.1. The summed E-state index contributed by atoms with van der Waals surface area (Å²) in [6, 6.07) is 11.8. The molecule has 1 aliphatic heterocycles. The second-order valence-electron chi connectivity index (χ2n) is 5.77. The van der Waals surface area contributed by atoms with Gasteiger partial charge >= 0.3 is 0 Å². The summed E-state index contributed by atoms with van der Waals surface area (Å²) >= 11 is 1.66. The van der Waals surface area contributed by atoms with Gasteiger partial charge in [-0.15, -0.1) is 11.3 Å². The number of hydrogen-bond donors (Lipinski definition) is 2. The molecule has 0 unspecified atom stereocenters. The Labute approximate surface area is 144 Å². The average molecular weight is 338 g/mol. The van der Waals surface area contributed by atoms with Crippen LogP contribution in [0.25, 0.3) is 10.6 Å². The van der Waals surface area contributed by atoms with Gasteiger partial charge < -0.3 is 10.2 Å². The van der Waals surface area contributed by atoms with E-state index in [0.717, 1.165) is 33.8 Å². The third kappa shape index (κ3) is 2.39. The van der Waals surface area contributed by atoms with Crippen molar-refractivity contribution in [3.63, 3.8) is 0 Å². The monoisotopic (exact) mass is 338 g/mol. The van der Waals surface area contributed by atoms with E-state index in [9.17, 15) is 4.79 Å². The molecule has 2 aromatic heterocycles. The summed E-state index contributed by atoms with van der Waals surface area (Å²) < 4.78 is 0. The highest BCUT2D eigenvalue weighted by molar-refractivity contribution is 7.13. The Morgan fingerprint density at radius 3 is 2.92 bits per heavy atom. The number of nitrogens with one attached hydrogen (secondary N) is 2. The summed E-state index contributed by atoms with van der Waals surface area (Å²) in [5.41, 5.74) is 3.56. The third-order valence-corrected chi connectivity index (χ3v) is 5.10. The predicted octanol–water partition coefficient (Wildman–Crippen LogP) is 4.11. The van der Waals surface area contributed by atoms with Crippen molar-refractivity contribution in [2.75, 3.05) is 11.9 Å². The fourth-order valence-electron chi connectivity index (χ4n) is 3.13. The molecule has 24 heavy (non-hydrogen) atoms. The summed E-state index contributed by atoms with van der Waals surface area (Å²) in [5.74, 6) is 0.0644. The number of nitrogens with zero attached hydrogens (tertiary/aromatic N) is 2. The largest absolute Gasteiger partial charge is 0.361 e. The SMILES string of the molecule is CCCN1C(=O)c2ccccc2N[C@@H]1c1cn[nH]c1-c1cccs1. The summed E-state index contributed by atoms with van der Waals surface area (Å²) in [6.45, 7) is 2.78. The smallest absolute Gasteiger partial charge is 0.257 e. The van der Waals surface area contributed by atoms with Gasteiger partial charge in [-0.2, -0.15) is 5.10 Å². The first-order chi connectivity index (χ1) is 11.8. The van der Waals surface area contributed by atoms with Gasteiger partial charge in [0.25, 0.3) is 5.91 Å². The number of benzene rings is 1. The van der Waals surface area contributed by atoms with Crippen molar-refractivity contribution in [3.05, 3.63) is 59.1 Å². The van der Waals surface area contributed by atoms with E-state index in [1.807, 2.05) is 46.8 Å². The Morgan fingerprint density at radius 2 is 2.12 bits per heavy atom. The lowest BCUT2D eigenvalue weighted by Crippen LogP contribution is -2.43. The first kappa shape index (κ1) is 15.0. The number of carbonyl (C=O) groups excluding carboxylic acids is 1. The van der Waals surface area contributed by atoms with E-state index in [4.69, 9.17) is 0 Å². The number of rotatable bonds is 4. The Hall–Kier alpha value is -2.60. The molecule has 0 saturated heterocycles. The van der Waals surface area contributed by atoms with Crippen LogP contribution in [0.1, 0.15) is 35.4 Å². The van der Waals surface area contributed by atoms with Crippen LogP contribution in [0, 0.1) is 0 Å². The van der Waals surface area contributed by atoms with E-state index in [1.165, 1.54) is 0 Å². The maximum absolute atomic E-state index is 13.0. The van der Waals surface area contributed by atoms with Crippen LogP contribution in [0.4, 0.5) is 5.69 Å². The molecule has 2 N–H and O–H groups in total. The minimum absolute atomic E-state index is 0.0644. The number of fused-ring (bicyclic) bond motifs is 1. The molecule has 5 nitrogen and oxygen atoms in total. The number of aromatic amines is 1. The minimum atomic E-state index is -0.219. The lowest BCUT2D eigenvalue weighted by molar-refractivity contribution is 0.0684. The van der Waals surface area contributed by atoms with Crippen LogP contribution in [0.5, 0.6) is 0 Å². The minimum Gasteiger partial charge on any atom is -0.361 e. The molecule has 0 fully saturated rings. The number of anilines is 1. The van der Waals surface area contributed by atoms with Crippen molar-refractivity contribution in [1.29, 1.82) is 0 Å². The molecule has 122 valence electrons. The van der Waals surface area contributed by atoms with Gasteiger partial charge in [-0.25, -0.2) is 0 Å². The predicted molar refractivity (Wildman–Crippen MR) is 96.0 cm³/mol.